The van der Waals surface area contributed by atoms with E-state index in [-0.39, 0.29) is 5.84 Å². The third kappa shape index (κ3) is 5.18. The summed E-state index contributed by atoms with van der Waals surface area (Å²) in [5, 5.41) is 11.6. The zero-order chi connectivity index (χ0) is 14.1. The van der Waals surface area contributed by atoms with Gasteiger partial charge in [-0.15, -0.1) is 0 Å². The summed E-state index contributed by atoms with van der Waals surface area (Å²) in [5.74, 6) is 0.122. The molecule has 0 radical (unpaired) electrons. The molecule has 106 valence electrons. The first kappa shape index (κ1) is 15.3. The average molecular weight is 265 g/mol. The summed E-state index contributed by atoms with van der Waals surface area (Å²) in [6, 6.07) is 7.55. The van der Waals surface area contributed by atoms with Gasteiger partial charge in [0.25, 0.3) is 0 Å². The Balaban J connectivity index is 2.42. The highest BCUT2D eigenvalue weighted by molar-refractivity contribution is 5.97. The molecule has 0 aliphatic heterocycles. The van der Waals surface area contributed by atoms with Crippen LogP contribution < -0.4 is 10.6 Å². The van der Waals surface area contributed by atoms with Crippen LogP contribution in [0, 0.1) is 0 Å². The van der Waals surface area contributed by atoms with E-state index in [2.05, 4.69) is 17.0 Å². The van der Waals surface area contributed by atoms with E-state index in [1.54, 1.807) is 0 Å². The molecule has 0 heterocycles. The second-order valence-corrected chi connectivity index (χ2v) is 4.42. The number of unbranched alkanes of at least 4 members (excludes halogenated alkanes) is 1. The third-order valence-corrected chi connectivity index (χ3v) is 2.92. The molecule has 1 rings (SSSR count). The van der Waals surface area contributed by atoms with E-state index in [1.807, 2.05) is 31.3 Å². The third-order valence-electron chi connectivity index (χ3n) is 2.92. The van der Waals surface area contributed by atoms with Gasteiger partial charge in [-0.25, -0.2) is 0 Å². The first-order valence-corrected chi connectivity index (χ1v) is 6.56. The number of hydrogen-bond acceptors (Lipinski definition) is 4. The van der Waals surface area contributed by atoms with Crippen molar-refractivity contribution in [2.45, 2.75) is 19.8 Å². The van der Waals surface area contributed by atoms with Gasteiger partial charge in [-0.1, -0.05) is 18.5 Å². The molecule has 0 spiro atoms. The molecular formula is C14H23N3O2. The Hall–Kier alpha value is -1.75. The average Bonchev–Trinajstić information content (AvgIpc) is 2.46. The standard InChI is InChI=1S/C14H23N3O2/c1-3-4-10-19-11-9-17(2)13-7-5-12(6-8-13)14(15)16-18/h5-8,18H,3-4,9-11H2,1-2H3,(H2,15,16). The first-order valence-electron chi connectivity index (χ1n) is 6.56. The normalized spacial score (nSPS) is 11.6. The summed E-state index contributed by atoms with van der Waals surface area (Å²) in [5.41, 5.74) is 7.30. The first-order chi connectivity index (χ1) is 9.19. The molecule has 1 aromatic rings. The molecule has 0 fully saturated rings. The van der Waals surface area contributed by atoms with Gasteiger partial charge in [0.15, 0.2) is 5.84 Å². The number of ether oxygens (including phenoxy) is 1. The minimum absolute atomic E-state index is 0.122. The number of benzene rings is 1. The van der Waals surface area contributed by atoms with Crippen LogP contribution in [0.2, 0.25) is 0 Å². The minimum atomic E-state index is 0.122. The second-order valence-electron chi connectivity index (χ2n) is 4.42. The zero-order valence-corrected chi connectivity index (χ0v) is 11.7. The largest absolute Gasteiger partial charge is 0.409 e. The van der Waals surface area contributed by atoms with E-state index >= 15 is 0 Å². The molecule has 0 aliphatic carbocycles. The lowest BCUT2D eigenvalue weighted by molar-refractivity contribution is 0.138. The number of rotatable bonds is 8. The van der Waals surface area contributed by atoms with Gasteiger partial charge in [-0.2, -0.15) is 0 Å². The zero-order valence-electron chi connectivity index (χ0n) is 11.7. The predicted octanol–water partition coefficient (Wildman–Crippen LogP) is 2.03. The van der Waals surface area contributed by atoms with E-state index in [4.69, 9.17) is 15.7 Å². The molecule has 19 heavy (non-hydrogen) atoms. The fraction of sp³-hybridized carbons (Fsp3) is 0.500. The smallest absolute Gasteiger partial charge is 0.170 e. The summed E-state index contributed by atoms with van der Waals surface area (Å²) in [4.78, 5) is 2.11. The summed E-state index contributed by atoms with van der Waals surface area (Å²) >= 11 is 0. The van der Waals surface area contributed by atoms with E-state index in [9.17, 15) is 0 Å². The maximum Gasteiger partial charge on any atom is 0.170 e. The quantitative estimate of drug-likeness (QED) is 0.248. The highest BCUT2D eigenvalue weighted by Gasteiger charge is 2.03. The van der Waals surface area contributed by atoms with Gasteiger partial charge >= 0.3 is 0 Å². The van der Waals surface area contributed by atoms with Crippen LogP contribution in [0.25, 0.3) is 0 Å². The number of nitrogens with zero attached hydrogens (tertiary/aromatic N) is 2. The van der Waals surface area contributed by atoms with Crippen LogP contribution >= 0.6 is 0 Å². The SMILES string of the molecule is CCCCOCCN(C)c1ccc(C(N)=NO)cc1. The number of likely N-dealkylation sites (N-methyl/N-ethyl adjacent to an activating group) is 1. The van der Waals surface area contributed by atoms with Crippen molar-refractivity contribution in [3.05, 3.63) is 29.8 Å². The predicted molar refractivity (Wildman–Crippen MR) is 77.9 cm³/mol. The van der Waals surface area contributed by atoms with Gasteiger partial charge in [0.05, 0.1) is 6.61 Å². The molecule has 0 saturated heterocycles. The van der Waals surface area contributed by atoms with Crippen molar-refractivity contribution in [2.24, 2.45) is 10.9 Å². The molecule has 0 atom stereocenters. The molecule has 5 heteroatoms. The van der Waals surface area contributed by atoms with Crippen LogP contribution in [0.4, 0.5) is 5.69 Å². The molecule has 0 bridgehead atoms. The van der Waals surface area contributed by atoms with Gasteiger partial charge in [0.2, 0.25) is 0 Å². The number of nitrogens with two attached hydrogens (primary N) is 1. The van der Waals surface area contributed by atoms with Gasteiger partial charge < -0.3 is 20.6 Å². The van der Waals surface area contributed by atoms with Crippen molar-refractivity contribution in [2.75, 3.05) is 31.7 Å². The van der Waals surface area contributed by atoms with Crippen LogP contribution in [-0.4, -0.2) is 37.8 Å². The van der Waals surface area contributed by atoms with Crippen molar-refractivity contribution in [3.63, 3.8) is 0 Å². The van der Waals surface area contributed by atoms with Gasteiger partial charge in [0, 0.05) is 31.5 Å². The maximum atomic E-state index is 8.59. The summed E-state index contributed by atoms with van der Waals surface area (Å²) in [6.07, 6.45) is 2.27. The monoisotopic (exact) mass is 265 g/mol. The fourth-order valence-corrected chi connectivity index (χ4v) is 1.62. The molecule has 1 aromatic carbocycles. The van der Waals surface area contributed by atoms with Crippen LogP contribution in [0.5, 0.6) is 0 Å². The maximum absolute atomic E-state index is 8.59. The van der Waals surface area contributed by atoms with E-state index in [1.165, 1.54) is 0 Å². The Bertz CT molecular complexity index is 390. The van der Waals surface area contributed by atoms with E-state index < -0.39 is 0 Å². The summed E-state index contributed by atoms with van der Waals surface area (Å²) < 4.78 is 5.53. The number of hydrogen-bond donors (Lipinski definition) is 2. The van der Waals surface area contributed by atoms with Crippen LogP contribution in [0.1, 0.15) is 25.3 Å². The molecule has 0 unspecified atom stereocenters. The van der Waals surface area contributed by atoms with Crippen molar-refractivity contribution in [3.8, 4) is 0 Å². The molecule has 0 aromatic heterocycles. The Labute approximate surface area is 114 Å². The lowest BCUT2D eigenvalue weighted by Crippen LogP contribution is -2.23. The molecular weight excluding hydrogens is 242 g/mol. The lowest BCUT2D eigenvalue weighted by Gasteiger charge is -2.19. The van der Waals surface area contributed by atoms with Crippen molar-refractivity contribution < 1.29 is 9.94 Å². The Kier molecular flexibility index (Phi) is 6.74. The molecule has 3 N–H and O–H groups in total. The van der Waals surface area contributed by atoms with Gasteiger partial charge in [-0.05, 0) is 30.7 Å². The lowest BCUT2D eigenvalue weighted by atomic mass is 10.2. The number of anilines is 1. The van der Waals surface area contributed by atoms with Crippen LogP contribution in [-0.2, 0) is 4.74 Å². The number of amidine groups is 1. The number of oxime groups is 1. The van der Waals surface area contributed by atoms with Crippen molar-refractivity contribution in [1.82, 2.24) is 0 Å². The van der Waals surface area contributed by atoms with Crippen LogP contribution in [0.3, 0.4) is 0 Å². The topological polar surface area (TPSA) is 71.1 Å². The summed E-state index contributed by atoms with van der Waals surface area (Å²) in [6.45, 7) is 4.54. The highest BCUT2D eigenvalue weighted by Crippen LogP contribution is 2.13. The fourth-order valence-electron chi connectivity index (χ4n) is 1.62. The van der Waals surface area contributed by atoms with Gasteiger partial charge in [-0.3, -0.25) is 0 Å². The van der Waals surface area contributed by atoms with Crippen molar-refractivity contribution in [1.29, 1.82) is 0 Å². The molecule has 0 aliphatic rings. The minimum Gasteiger partial charge on any atom is -0.409 e. The molecule has 5 nitrogen and oxygen atoms in total. The van der Waals surface area contributed by atoms with E-state index in [0.29, 0.717) is 5.56 Å². The Morgan fingerprint density at radius 2 is 2.00 bits per heavy atom. The molecule has 0 saturated carbocycles. The Morgan fingerprint density at radius 1 is 1.32 bits per heavy atom. The summed E-state index contributed by atoms with van der Waals surface area (Å²) in [7, 11) is 2.02. The van der Waals surface area contributed by atoms with Crippen molar-refractivity contribution >= 4 is 11.5 Å². The Morgan fingerprint density at radius 3 is 2.58 bits per heavy atom. The van der Waals surface area contributed by atoms with Gasteiger partial charge in [0.1, 0.15) is 0 Å². The van der Waals surface area contributed by atoms with E-state index in [0.717, 1.165) is 38.3 Å². The van der Waals surface area contributed by atoms with Crippen LogP contribution in [0.15, 0.2) is 29.4 Å². The molecule has 0 amide bonds. The highest BCUT2D eigenvalue weighted by atomic mass is 16.5. The second kappa shape index (κ2) is 8.37.